The van der Waals surface area contributed by atoms with Crippen molar-refractivity contribution < 1.29 is 4.74 Å². The van der Waals surface area contributed by atoms with E-state index >= 15 is 0 Å². The van der Waals surface area contributed by atoms with Gasteiger partial charge in [0.1, 0.15) is 16.6 Å². The highest BCUT2D eigenvalue weighted by atomic mass is 32.1. The van der Waals surface area contributed by atoms with E-state index in [2.05, 4.69) is 17.1 Å². The summed E-state index contributed by atoms with van der Waals surface area (Å²) in [4.78, 5) is 0. The fourth-order valence-corrected chi connectivity index (χ4v) is 1.39. The van der Waals surface area contributed by atoms with Crippen LogP contribution in [0.15, 0.2) is 0 Å². The summed E-state index contributed by atoms with van der Waals surface area (Å²) in [5.41, 5.74) is 5.39. The molecule has 0 saturated heterocycles. The molecule has 0 bridgehead atoms. The number of hydrogen-bond donors (Lipinski definition) is 1. The highest BCUT2D eigenvalue weighted by molar-refractivity contribution is 7.11. The molecule has 4 nitrogen and oxygen atoms in total. The van der Waals surface area contributed by atoms with Crippen LogP contribution in [-0.2, 0) is 17.9 Å². The molecule has 0 unspecified atom stereocenters. The van der Waals surface area contributed by atoms with Crippen molar-refractivity contribution in [1.29, 1.82) is 0 Å². The molecule has 0 aliphatic rings. The van der Waals surface area contributed by atoms with E-state index in [9.17, 15) is 0 Å². The Hall–Kier alpha value is -0.520. The van der Waals surface area contributed by atoms with Crippen molar-refractivity contribution in [2.75, 3.05) is 6.61 Å². The third kappa shape index (κ3) is 2.84. The van der Waals surface area contributed by atoms with Gasteiger partial charge >= 0.3 is 0 Å². The summed E-state index contributed by atoms with van der Waals surface area (Å²) in [5.74, 6) is 0. The Balaban J connectivity index is 2.31. The van der Waals surface area contributed by atoms with E-state index in [-0.39, 0.29) is 0 Å². The van der Waals surface area contributed by atoms with Gasteiger partial charge in [-0.1, -0.05) is 18.3 Å². The molecular formula is C7H13N3OS. The minimum absolute atomic E-state index is 0.464. The second-order valence-corrected chi connectivity index (χ2v) is 3.49. The lowest BCUT2D eigenvalue weighted by Gasteiger charge is -1.95. The van der Waals surface area contributed by atoms with Crippen LogP contribution in [0.3, 0.4) is 0 Å². The summed E-state index contributed by atoms with van der Waals surface area (Å²) >= 11 is 1.51. The Morgan fingerprint density at radius 3 is 2.75 bits per heavy atom. The molecule has 0 amide bonds. The minimum Gasteiger partial charge on any atom is -0.374 e. The standard InChI is InChI=1S/C7H13N3OS/c1-2-3-11-5-7-10-9-6(4-8)12-7/h2-5,8H2,1H3. The molecule has 1 aromatic heterocycles. The van der Waals surface area contributed by atoms with Crippen LogP contribution in [0.25, 0.3) is 0 Å². The van der Waals surface area contributed by atoms with Gasteiger partial charge in [0, 0.05) is 13.2 Å². The van der Waals surface area contributed by atoms with Crippen molar-refractivity contribution in [3.05, 3.63) is 10.0 Å². The molecule has 68 valence electrons. The molecule has 0 aromatic carbocycles. The van der Waals surface area contributed by atoms with Crippen molar-refractivity contribution in [2.45, 2.75) is 26.5 Å². The van der Waals surface area contributed by atoms with Crippen LogP contribution >= 0.6 is 11.3 Å². The molecule has 1 aromatic rings. The Morgan fingerprint density at radius 1 is 1.42 bits per heavy atom. The molecule has 0 fully saturated rings. The van der Waals surface area contributed by atoms with Crippen molar-refractivity contribution >= 4 is 11.3 Å². The van der Waals surface area contributed by atoms with E-state index in [1.165, 1.54) is 11.3 Å². The fourth-order valence-electron chi connectivity index (χ4n) is 0.733. The molecule has 0 aliphatic heterocycles. The molecule has 0 atom stereocenters. The molecule has 0 aliphatic carbocycles. The molecule has 0 spiro atoms. The second-order valence-electron chi connectivity index (χ2n) is 2.35. The fraction of sp³-hybridized carbons (Fsp3) is 0.714. The molecule has 1 rings (SSSR count). The second kappa shape index (κ2) is 5.18. The monoisotopic (exact) mass is 187 g/mol. The lowest BCUT2D eigenvalue weighted by molar-refractivity contribution is 0.121. The highest BCUT2D eigenvalue weighted by Crippen LogP contribution is 2.09. The summed E-state index contributed by atoms with van der Waals surface area (Å²) < 4.78 is 5.29. The van der Waals surface area contributed by atoms with E-state index in [1.807, 2.05) is 0 Å². The van der Waals surface area contributed by atoms with Gasteiger partial charge in [-0.2, -0.15) is 0 Å². The summed E-state index contributed by atoms with van der Waals surface area (Å²) in [5, 5.41) is 9.57. The number of nitrogens with zero attached hydrogens (tertiary/aromatic N) is 2. The first-order valence-electron chi connectivity index (χ1n) is 3.96. The summed E-state index contributed by atoms with van der Waals surface area (Å²) in [6.45, 7) is 3.87. The van der Waals surface area contributed by atoms with Crippen LogP contribution in [0.2, 0.25) is 0 Å². The molecule has 5 heteroatoms. The van der Waals surface area contributed by atoms with Crippen LogP contribution in [0.1, 0.15) is 23.4 Å². The third-order valence-corrected chi connectivity index (χ3v) is 2.18. The molecule has 0 saturated carbocycles. The van der Waals surface area contributed by atoms with Crippen LogP contribution in [-0.4, -0.2) is 16.8 Å². The minimum atomic E-state index is 0.464. The van der Waals surface area contributed by atoms with Crippen molar-refractivity contribution in [3.63, 3.8) is 0 Å². The molecule has 2 N–H and O–H groups in total. The Kier molecular flexibility index (Phi) is 4.13. The number of hydrogen-bond acceptors (Lipinski definition) is 5. The number of rotatable bonds is 5. The summed E-state index contributed by atoms with van der Waals surface area (Å²) in [6.07, 6.45) is 1.03. The van der Waals surface area contributed by atoms with Crippen molar-refractivity contribution in [1.82, 2.24) is 10.2 Å². The maximum Gasteiger partial charge on any atom is 0.143 e. The number of nitrogens with two attached hydrogens (primary N) is 1. The van der Waals surface area contributed by atoms with E-state index in [0.29, 0.717) is 13.2 Å². The predicted octanol–water partition coefficient (Wildman–Crippen LogP) is 0.923. The van der Waals surface area contributed by atoms with E-state index < -0.39 is 0 Å². The zero-order chi connectivity index (χ0) is 8.81. The normalized spacial score (nSPS) is 10.5. The zero-order valence-corrected chi connectivity index (χ0v) is 7.93. The average molecular weight is 187 g/mol. The van der Waals surface area contributed by atoms with Crippen LogP contribution in [0, 0.1) is 0 Å². The van der Waals surface area contributed by atoms with Gasteiger partial charge in [0.05, 0.1) is 0 Å². The summed E-state index contributed by atoms with van der Waals surface area (Å²) in [6, 6.07) is 0. The average Bonchev–Trinajstić information content (AvgIpc) is 2.53. The van der Waals surface area contributed by atoms with Gasteiger partial charge in [0.15, 0.2) is 0 Å². The summed E-state index contributed by atoms with van der Waals surface area (Å²) in [7, 11) is 0. The molecular weight excluding hydrogens is 174 g/mol. The number of aromatic nitrogens is 2. The van der Waals surface area contributed by atoms with E-state index in [0.717, 1.165) is 23.0 Å². The van der Waals surface area contributed by atoms with Crippen LogP contribution in [0.5, 0.6) is 0 Å². The first-order chi connectivity index (χ1) is 5.86. The van der Waals surface area contributed by atoms with Gasteiger partial charge in [-0.25, -0.2) is 0 Å². The molecule has 1 heterocycles. The van der Waals surface area contributed by atoms with Gasteiger partial charge in [-0.3, -0.25) is 0 Å². The van der Waals surface area contributed by atoms with Gasteiger partial charge in [0.25, 0.3) is 0 Å². The smallest absolute Gasteiger partial charge is 0.143 e. The zero-order valence-electron chi connectivity index (χ0n) is 7.12. The molecule has 12 heavy (non-hydrogen) atoms. The lowest BCUT2D eigenvalue weighted by atomic mass is 10.5. The van der Waals surface area contributed by atoms with E-state index in [1.54, 1.807) is 0 Å². The van der Waals surface area contributed by atoms with Gasteiger partial charge in [0.2, 0.25) is 0 Å². The first kappa shape index (κ1) is 9.57. The lowest BCUT2D eigenvalue weighted by Crippen LogP contribution is -1.94. The SMILES string of the molecule is CCCOCc1nnc(CN)s1. The largest absolute Gasteiger partial charge is 0.374 e. The first-order valence-corrected chi connectivity index (χ1v) is 4.77. The van der Waals surface area contributed by atoms with Crippen molar-refractivity contribution in [3.8, 4) is 0 Å². The maximum absolute atomic E-state index is 5.39. The van der Waals surface area contributed by atoms with Crippen LogP contribution in [0.4, 0.5) is 0 Å². The van der Waals surface area contributed by atoms with Gasteiger partial charge in [-0.15, -0.1) is 10.2 Å². The Labute approximate surface area is 75.8 Å². The topological polar surface area (TPSA) is 61.0 Å². The van der Waals surface area contributed by atoms with Crippen molar-refractivity contribution in [2.24, 2.45) is 5.73 Å². The van der Waals surface area contributed by atoms with Gasteiger partial charge in [-0.05, 0) is 6.42 Å². The van der Waals surface area contributed by atoms with E-state index in [4.69, 9.17) is 10.5 Å². The Morgan fingerprint density at radius 2 is 2.17 bits per heavy atom. The number of ether oxygens (including phenoxy) is 1. The van der Waals surface area contributed by atoms with Crippen LogP contribution < -0.4 is 5.73 Å². The predicted molar refractivity (Wildman–Crippen MR) is 47.7 cm³/mol. The maximum atomic E-state index is 5.39. The third-order valence-electron chi connectivity index (χ3n) is 1.26. The Bertz CT molecular complexity index is 226. The molecule has 0 radical (unpaired) electrons. The van der Waals surface area contributed by atoms with Gasteiger partial charge < -0.3 is 10.5 Å². The quantitative estimate of drug-likeness (QED) is 0.696. The highest BCUT2D eigenvalue weighted by Gasteiger charge is 2.01.